The fourth-order valence-corrected chi connectivity index (χ4v) is 3.86. The molecule has 2 heterocycles. The van der Waals surface area contributed by atoms with E-state index in [-0.39, 0.29) is 30.6 Å². The Balaban J connectivity index is 1.61. The van der Waals surface area contributed by atoms with Crippen LogP contribution in [-0.2, 0) is 20.7 Å². The molecule has 2 fully saturated rings. The average Bonchev–Trinajstić information content (AvgIpc) is 2.89. The minimum absolute atomic E-state index is 0.0689. The van der Waals surface area contributed by atoms with E-state index in [9.17, 15) is 14.4 Å². The molecule has 2 aliphatic heterocycles. The van der Waals surface area contributed by atoms with Crippen LogP contribution >= 0.6 is 0 Å². The van der Waals surface area contributed by atoms with Gasteiger partial charge in [-0.3, -0.25) is 14.5 Å². The van der Waals surface area contributed by atoms with E-state index in [2.05, 4.69) is 5.32 Å². The highest BCUT2D eigenvalue weighted by molar-refractivity contribution is 6.08. The summed E-state index contributed by atoms with van der Waals surface area (Å²) in [5, 5.41) is 2.77. The summed E-state index contributed by atoms with van der Waals surface area (Å²) in [6, 6.07) is 7.08. The predicted molar refractivity (Wildman–Crippen MR) is 107 cm³/mol. The third-order valence-corrected chi connectivity index (χ3v) is 5.48. The maximum atomic E-state index is 12.9. The van der Waals surface area contributed by atoms with E-state index in [1.807, 2.05) is 38.1 Å². The molecule has 2 saturated heterocycles. The first-order valence-corrected chi connectivity index (χ1v) is 9.92. The summed E-state index contributed by atoms with van der Waals surface area (Å²) in [7, 11) is 1.61. The van der Waals surface area contributed by atoms with Crippen molar-refractivity contribution in [2.75, 3.05) is 26.7 Å². The van der Waals surface area contributed by atoms with Gasteiger partial charge in [0.25, 0.3) is 5.91 Å². The minimum atomic E-state index is -1.02. The second kappa shape index (κ2) is 8.41. The number of carbonyl (C=O) groups is 3. The molecule has 3 atom stereocenters. The van der Waals surface area contributed by atoms with Crippen LogP contribution in [0.3, 0.4) is 0 Å². The van der Waals surface area contributed by atoms with E-state index in [1.54, 1.807) is 18.9 Å². The maximum absolute atomic E-state index is 12.9. The van der Waals surface area contributed by atoms with Crippen LogP contribution in [-0.4, -0.2) is 72.1 Å². The number of methoxy groups -OCH3 is 1. The zero-order valence-corrected chi connectivity index (χ0v) is 17.4. The second-order valence-corrected chi connectivity index (χ2v) is 8.06. The molecular weight excluding hydrogens is 374 g/mol. The van der Waals surface area contributed by atoms with Crippen molar-refractivity contribution in [2.45, 2.75) is 51.4 Å². The van der Waals surface area contributed by atoms with Crippen molar-refractivity contribution in [1.82, 2.24) is 15.1 Å². The van der Waals surface area contributed by atoms with Crippen LogP contribution in [0.25, 0.3) is 0 Å². The number of benzene rings is 1. The van der Waals surface area contributed by atoms with Crippen LogP contribution in [0.1, 0.15) is 32.8 Å². The Hall–Kier alpha value is -2.61. The zero-order valence-electron chi connectivity index (χ0n) is 17.4. The summed E-state index contributed by atoms with van der Waals surface area (Å²) in [6.07, 6.45) is 0.925. The Labute approximate surface area is 171 Å². The van der Waals surface area contributed by atoms with Gasteiger partial charge in [0.15, 0.2) is 0 Å². The molecule has 1 aromatic carbocycles. The fourth-order valence-electron chi connectivity index (χ4n) is 3.86. The lowest BCUT2D eigenvalue weighted by Gasteiger charge is -2.35. The molecule has 0 spiro atoms. The van der Waals surface area contributed by atoms with Gasteiger partial charge in [0.2, 0.25) is 5.91 Å². The van der Waals surface area contributed by atoms with Crippen LogP contribution < -0.4 is 10.1 Å². The molecule has 0 radical (unpaired) electrons. The Morgan fingerprint density at radius 2 is 1.83 bits per heavy atom. The van der Waals surface area contributed by atoms with E-state index in [0.717, 1.165) is 16.2 Å². The quantitative estimate of drug-likeness (QED) is 0.729. The topological polar surface area (TPSA) is 88.2 Å². The second-order valence-electron chi connectivity index (χ2n) is 8.06. The van der Waals surface area contributed by atoms with Crippen LogP contribution in [0, 0.1) is 0 Å². The van der Waals surface area contributed by atoms with Crippen molar-refractivity contribution >= 4 is 17.8 Å². The summed E-state index contributed by atoms with van der Waals surface area (Å²) >= 11 is 0. The summed E-state index contributed by atoms with van der Waals surface area (Å²) in [6.45, 7) is 6.19. The number of amides is 4. The largest absolute Gasteiger partial charge is 0.497 e. The number of nitrogens with one attached hydrogen (secondary N) is 1. The minimum Gasteiger partial charge on any atom is -0.497 e. The molecule has 1 N–H and O–H groups in total. The number of hydrogen-bond acceptors (Lipinski definition) is 5. The molecule has 8 nitrogen and oxygen atoms in total. The molecule has 2 aliphatic rings. The van der Waals surface area contributed by atoms with E-state index in [1.165, 1.54) is 0 Å². The number of rotatable bonds is 6. The molecule has 4 amide bonds. The van der Waals surface area contributed by atoms with E-state index in [0.29, 0.717) is 25.9 Å². The van der Waals surface area contributed by atoms with Gasteiger partial charge in [-0.2, -0.15) is 0 Å². The van der Waals surface area contributed by atoms with Crippen LogP contribution in [0.5, 0.6) is 5.75 Å². The Morgan fingerprint density at radius 3 is 2.41 bits per heavy atom. The molecule has 0 unspecified atom stereocenters. The molecule has 0 bridgehead atoms. The van der Waals surface area contributed by atoms with Gasteiger partial charge in [-0.15, -0.1) is 0 Å². The first-order chi connectivity index (χ1) is 13.7. The molecular formula is C21H29N3O5. The molecule has 8 heteroatoms. The number of nitrogens with zero attached hydrogens (tertiary/aromatic N) is 2. The van der Waals surface area contributed by atoms with Gasteiger partial charge in [0.1, 0.15) is 17.8 Å². The van der Waals surface area contributed by atoms with Gasteiger partial charge in [-0.1, -0.05) is 12.1 Å². The van der Waals surface area contributed by atoms with Gasteiger partial charge in [0, 0.05) is 13.1 Å². The number of aryl methyl sites for hydroxylation is 1. The van der Waals surface area contributed by atoms with Crippen LogP contribution in [0.2, 0.25) is 0 Å². The normalized spacial score (nSPS) is 27.2. The van der Waals surface area contributed by atoms with Crippen molar-refractivity contribution in [3.63, 3.8) is 0 Å². The van der Waals surface area contributed by atoms with Crippen LogP contribution in [0.4, 0.5) is 4.79 Å². The standard InChI is InChI=1S/C21H29N3O5/c1-14-11-23(12-15(2)29-14)18(25)13-24-19(26)21(3,22-20(24)27)10-9-16-5-7-17(28-4)8-6-16/h5-8,14-15H,9-13H2,1-4H3,(H,22,27)/t14-,15-,21-/m1/s1. The highest BCUT2D eigenvalue weighted by atomic mass is 16.5. The first kappa shape index (κ1) is 21.1. The highest BCUT2D eigenvalue weighted by Gasteiger charge is 2.48. The van der Waals surface area contributed by atoms with Gasteiger partial charge in [-0.25, -0.2) is 4.79 Å². The van der Waals surface area contributed by atoms with Gasteiger partial charge in [-0.05, 0) is 51.3 Å². The van der Waals surface area contributed by atoms with Crippen molar-refractivity contribution in [1.29, 1.82) is 0 Å². The van der Waals surface area contributed by atoms with Gasteiger partial charge in [0.05, 0.1) is 19.3 Å². The summed E-state index contributed by atoms with van der Waals surface area (Å²) in [5.74, 6) is 0.162. The molecule has 0 aliphatic carbocycles. The monoisotopic (exact) mass is 403 g/mol. The van der Waals surface area contributed by atoms with E-state index >= 15 is 0 Å². The summed E-state index contributed by atoms with van der Waals surface area (Å²) in [4.78, 5) is 40.7. The van der Waals surface area contributed by atoms with E-state index in [4.69, 9.17) is 9.47 Å². The molecule has 3 rings (SSSR count). The summed E-state index contributed by atoms with van der Waals surface area (Å²) in [5.41, 5.74) is 0.0166. The Kier molecular flexibility index (Phi) is 6.12. The highest BCUT2D eigenvalue weighted by Crippen LogP contribution is 2.24. The molecule has 29 heavy (non-hydrogen) atoms. The smallest absolute Gasteiger partial charge is 0.325 e. The SMILES string of the molecule is COc1ccc(CC[C@@]2(C)NC(=O)N(CC(=O)N3C[C@@H](C)O[C@H](C)C3)C2=O)cc1. The van der Waals surface area contributed by atoms with Crippen molar-refractivity contribution < 1.29 is 23.9 Å². The number of urea groups is 1. The summed E-state index contributed by atoms with van der Waals surface area (Å²) < 4.78 is 10.8. The number of hydrogen-bond donors (Lipinski definition) is 1. The lowest BCUT2D eigenvalue weighted by molar-refractivity contribution is -0.146. The number of carbonyl (C=O) groups excluding carboxylic acids is 3. The van der Waals surface area contributed by atoms with Gasteiger partial charge >= 0.3 is 6.03 Å². The van der Waals surface area contributed by atoms with E-state index < -0.39 is 11.6 Å². The van der Waals surface area contributed by atoms with Crippen LogP contribution in [0.15, 0.2) is 24.3 Å². The molecule has 158 valence electrons. The lowest BCUT2D eigenvalue weighted by Crippen LogP contribution is -2.52. The number of ether oxygens (including phenoxy) is 2. The number of imide groups is 1. The van der Waals surface area contributed by atoms with Crippen molar-refractivity contribution in [3.8, 4) is 5.75 Å². The van der Waals surface area contributed by atoms with Crippen molar-refractivity contribution in [3.05, 3.63) is 29.8 Å². The molecule has 0 saturated carbocycles. The van der Waals surface area contributed by atoms with Gasteiger partial charge < -0.3 is 19.7 Å². The zero-order chi connectivity index (χ0) is 21.2. The average molecular weight is 403 g/mol. The third-order valence-electron chi connectivity index (χ3n) is 5.48. The lowest BCUT2D eigenvalue weighted by atomic mass is 9.93. The number of morpholine rings is 1. The maximum Gasteiger partial charge on any atom is 0.325 e. The third kappa shape index (κ3) is 4.70. The van der Waals surface area contributed by atoms with Crippen molar-refractivity contribution in [2.24, 2.45) is 0 Å². The molecule has 0 aromatic heterocycles. The first-order valence-electron chi connectivity index (χ1n) is 9.92. The predicted octanol–water partition coefficient (Wildman–Crippen LogP) is 1.57. The Morgan fingerprint density at radius 1 is 1.21 bits per heavy atom. The Bertz CT molecular complexity index is 771. The molecule has 1 aromatic rings. The fraction of sp³-hybridized carbons (Fsp3) is 0.571.